The van der Waals surface area contributed by atoms with E-state index in [-0.39, 0.29) is 27.9 Å². The van der Waals surface area contributed by atoms with Gasteiger partial charge in [0.2, 0.25) is 0 Å². The maximum absolute atomic E-state index is 13.5. The maximum Gasteiger partial charge on any atom is 0.416 e. The highest BCUT2D eigenvalue weighted by Crippen LogP contribution is 2.32. The first-order valence-electron chi connectivity index (χ1n) is 10.3. The smallest absolute Gasteiger partial charge is 0.349 e. The number of hydrogen-bond donors (Lipinski definition) is 1. The molecule has 0 aliphatic rings. The van der Waals surface area contributed by atoms with Crippen molar-refractivity contribution in [2.24, 2.45) is 0 Å². The van der Waals surface area contributed by atoms with E-state index in [9.17, 15) is 22.8 Å². The number of benzene rings is 3. The van der Waals surface area contributed by atoms with Gasteiger partial charge in [-0.25, -0.2) is 4.98 Å². The number of H-pyrrole nitrogens is 1. The number of ketones is 1. The topological polar surface area (TPSA) is 67.8 Å². The second kappa shape index (κ2) is 8.90. The molecule has 1 N–H and O–H groups in total. The van der Waals surface area contributed by atoms with Crippen LogP contribution in [0.3, 0.4) is 0 Å². The number of aromatic amines is 1. The zero-order chi connectivity index (χ0) is 24.7. The molecular formula is C25H15ClF3N3O2S. The van der Waals surface area contributed by atoms with E-state index >= 15 is 0 Å². The number of rotatable bonds is 5. The number of alkyl halides is 3. The van der Waals surface area contributed by atoms with Gasteiger partial charge in [0.15, 0.2) is 10.9 Å². The Labute approximate surface area is 205 Å². The predicted octanol–water partition coefficient (Wildman–Crippen LogP) is 6.51. The molecule has 10 heteroatoms. The minimum absolute atomic E-state index is 0.000627. The molecule has 5 aromatic rings. The first kappa shape index (κ1) is 23.2. The summed E-state index contributed by atoms with van der Waals surface area (Å²) in [6.45, 7) is 0. The van der Waals surface area contributed by atoms with Gasteiger partial charge in [-0.15, -0.1) is 0 Å². The number of nitrogens with zero attached hydrogens (tertiary/aromatic N) is 2. The lowest BCUT2D eigenvalue weighted by Gasteiger charge is -2.14. The molecule has 2 aromatic heterocycles. The number of carbonyl (C=O) groups excluding carboxylic acids is 1. The van der Waals surface area contributed by atoms with Crippen LogP contribution in [0.25, 0.3) is 27.6 Å². The van der Waals surface area contributed by atoms with Crippen LogP contribution in [0.4, 0.5) is 13.2 Å². The molecule has 5 rings (SSSR count). The van der Waals surface area contributed by atoms with Gasteiger partial charge >= 0.3 is 6.18 Å². The van der Waals surface area contributed by atoms with Gasteiger partial charge in [-0.3, -0.25) is 14.2 Å². The molecule has 0 atom stereocenters. The third-order valence-electron chi connectivity index (χ3n) is 5.42. The fourth-order valence-corrected chi connectivity index (χ4v) is 4.76. The summed E-state index contributed by atoms with van der Waals surface area (Å²) in [7, 11) is 0. The van der Waals surface area contributed by atoms with Gasteiger partial charge in [0.25, 0.3) is 5.56 Å². The van der Waals surface area contributed by atoms with Crippen LogP contribution in [0.1, 0.15) is 15.9 Å². The lowest BCUT2D eigenvalue weighted by Crippen LogP contribution is -2.22. The first-order valence-corrected chi connectivity index (χ1v) is 11.7. The summed E-state index contributed by atoms with van der Waals surface area (Å²) in [6.07, 6.45) is -4.59. The van der Waals surface area contributed by atoms with E-state index in [0.717, 1.165) is 28.5 Å². The van der Waals surface area contributed by atoms with Crippen LogP contribution < -0.4 is 5.56 Å². The normalized spacial score (nSPS) is 11.9. The number of carbonyl (C=O) groups is 1. The fourth-order valence-electron chi connectivity index (χ4n) is 3.74. The van der Waals surface area contributed by atoms with E-state index in [1.165, 1.54) is 12.1 Å². The van der Waals surface area contributed by atoms with E-state index in [0.29, 0.717) is 27.0 Å². The lowest BCUT2D eigenvalue weighted by atomic mass is 10.1. The van der Waals surface area contributed by atoms with Crippen molar-refractivity contribution >= 4 is 51.1 Å². The standard InChI is InChI=1S/C25H15ClF3N3O2S/c26-16-10-8-14(9-11-16)20(33)13-35-24-31-21-18-6-1-2-7-19(18)30-22(21)23(34)32(24)17-5-3-4-15(12-17)25(27,28)29/h1-12,30H,13H2. The molecule has 5 nitrogen and oxygen atoms in total. The van der Waals surface area contributed by atoms with Gasteiger partial charge in [-0.05, 0) is 48.5 Å². The van der Waals surface area contributed by atoms with Crippen molar-refractivity contribution in [3.8, 4) is 5.69 Å². The summed E-state index contributed by atoms with van der Waals surface area (Å²) in [4.78, 5) is 33.9. The van der Waals surface area contributed by atoms with Gasteiger partial charge in [0, 0.05) is 21.5 Å². The molecule has 0 unspecified atom stereocenters. The Morgan fingerprint density at radius 3 is 2.51 bits per heavy atom. The number of aromatic nitrogens is 3. The van der Waals surface area contributed by atoms with E-state index < -0.39 is 17.3 Å². The molecule has 2 heterocycles. The van der Waals surface area contributed by atoms with Crippen LogP contribution in [0.15, 0.2) is 82.7 Å². The highest BCUT2D eigenvalue weighted by Gasteiger charge is 2.31. The van der Waals surface area contributed by atoms with Crippen LogP contribution >= 0.6 is 23.4 Å². The number of para-hydroxylation sites is 1. The Balaban J connectivity index is 1.66. The first-order chi connectivity index (χ1) is 16.7. The zero-order valence-electron chi connectivity index (χ0n) is 17.8. The molecule has 0 radical (unpaired) electrons. The molecule has 176 valence electrons. The average Bonchev–Trinajstić information content (AvgIpc) is 3.22. The molecule has 0 aliphatic carbocycles. The quantitative estimate of drug-likeness (QED) is 0.165. The van der Waals surface area contributed by atoms with Crippen molar-refractivity contribution in [2.75, 3.05) is 5.75 Å². The molecule has 0 fully saturated rings. The van der Waals surface area contributed by atoms with Crippen LogP contribution in [-0.2, 0) is 6.18 Å². The maximum atomic E-state index is 13.5. The van der Waals surface area contributed by atoms with Gasteiger partial charge in [-0.1, -0.05) is 47.6 Å². The van der Waals surface area contributed by atoms with Gasteiger partial charge in [0.1, 0.15) is 11.0 Å². The van der Waals surface area contributed by atoms with E-state index in [2.05, 4.69) is 9.97 Å². The zero-order valence-corrected chi connectivity index (χ0v) is 19.3. The number of thioether (sulfide) groups is 1. The van der Waals surface area contributed by atoms with Gasteiger partial charge < -0.3 is 4.98 Å². The Morgan fingerprint density at radius 1 is 1.03 bits per heavy atom. The number of halogens is 4. The molecule has 3 aromatic carbocycles. The van der Waals surface area contributed by atoms with Crippen LogP contribution in [0, 0.1) is 0 Å². The largest absolute Gasteiger partial charge is 0.416 e. The van der Waals surface area contributed by atoms with Crippen molar-refractivity contribution in [3.05, 3.63) is 99.3 Å². The van der Waals surface area contributed by atoms with Crippen molar-refractivity contribution in [2.45, 2.75) is 11.3 Å². The number of nitrogens with one attached hydrogen (secondary N) is 1. The molecule has 0 aliphatic heterocycles. The van der Waals surface area contributed by atoms with Crippen molar-refractivity contribution in [3.63, 3.8) is 0 Å². The highest BCUT2D eigenvalue weighted by atomic mass is 35.5. The second-order valence-electron chi connectivity index (χ2n) is 7.70. The van der Waals surface area contributed by atoms with Crippen molar-refractivity contribution in [1.29, 1.82) is 0 Å². The summed E-state index contributed by atoms with van der Waals surface area (Å²) in [5.74, 6) is -0.323. The molecule has 0 bridgehead atoms. The number of fused-ring (bicyclic) bond motifs is 3. The SMILES string of the molecule is O=C(CSc1nc2c([nH]c3ccccc32)c(=O)n1-c1cccc(C(F)(F)F)c1)c1ccc(Cl)cc1. The average molecular weight is 514 g/mol. The van der Waals surface area contributed by atoms with Gasteiger partial charge in [-0.2, -0.15) is 13.2 Å². The molecular weight excluding hydrogens is 499 g/mol. The number of hydrogen-bond acceptors (Lipinski definition) is 4. The summed E-state index contributed by atoms with van der Waals surface area (Å²) in [6, 6.07) is 18.0. The third kappa shape index (κ3) is 4.44. The van der Waals surface area contributed by atoms with E-state index in [1.807, 2.05) is 0 Å². The third-order valence-corrected chi connectivity index (χ3v) is 6.62. The van der Waals surface area contributed by atoms with Crippen molar-refractivity contribution < 1.29 is 18.0 Å². The Morgan fingerprint density at radius 2 is 1.77 bits per heavy atom. The molecule has 35 heavy (non-hydrogen) atoms. The van der Waals surface area contributed by atoms with E-state index in [4.69, 9.17) is 11.6 Å². The van der Waals surface area contributed by atoms with Crippen LogP contribution in [0.5, 0.6) is 0 Å². The Hall–Kier alpha value is -3.56. The molecule has 0 saturated carbocycles. The summed E-state index contributed by atoms with van der Waals surface area (Å²) >= 11 is 6.86. The molecule has 0 spiro atoms. The highest BCUT2D eigenvalue weighted by molar-refractivity contribution is 7.99. The minimum atomic E-state index is -4.59. The Bertz CT molecular complexity index is 1640. The van der Waals surface area contributed by atoms with Gasteiger partial charge in [0.05, 0.1) is 17.0 Å². The molecule has 0 saturated heterocycles. The summed E-state index contributed by atoms with van der Waals surface area (Å²) in [5, 5.41) is 1.29. The van der Waals surface area contributed by atoms with Crippen molar-refractivity contribution in [1.82, 2.24) is 14.5 Å². The lowest BCUT2D eigenvalue weighted by molar-refractivity contribution is -0.137. The molecule has 0 amide bonds. The summed E-state index contributed by atoms with van der Waals surface area (Å²) in [5.41, 5.74) is 0.176. The van der Waals surface area contributed by atoms with Crippen LogP contribution in [0.2, 0.25) is 5.02 Å². The fraction of sp³-hybridized carbons (Fsp3) is 0.0800. The van der Waals surface area contributed by atoms with Crippen LogP contribution in [-0.4, -0.2) is 26.1 Å². The second-order valence-corrected chi connectivity index (χ2v) is 9.07. The number of Topliss-reactive ketones (excluding diaryl/α,β-unsaturated/α-hetero) is 1. The Kier molecular flexibility index (Phi) is 5.90. The minimum Gasteiger partial charge on any atom is -0.349 e. The van der Waals surface area contributed by atoms with E-state index in [1.54, 1.807) is 48.5 Å². The monoisotopic (exact) mass is 513 g/mol. The summed E-state index contributed by atoms with van der Waals surface area (Å²) < 4.78 is 41.2. The predicted molar refractivity (Wildman–Crippen MR) is 131 cm³/mol.